The van der Waals surface area contributed by atoms with Crippen LogP contribution in [0, 0.1) is 16.7 Å². The van der Waals surface area contributed by atoms with Crippen molar-refractivity contribution in [2.75, 3.05) is 6.61 Å². The molecule has 0 N–H and O–H groups in total. The van der Waals surface area contributed by atoms with Gasteiger partial charge in [0.2, 0.25) is 6.29 Å². The molecule has 2 fully saturated rings. The number of nitrogens with zero attached hydrogens (tertiary/aromatic N) is 1. The fourth-order valence-corrected chi connectivity index (χ4v) is 7.72. The monoisotopic (exact) mass is 487 g/mol. The number of aryl methyl sites for hydroxylation is 1. The van der Waals surface area contributed by atoms with Gasteiger partial charge in [-0.15, -0.1) is 0 Å². The minimum atomic E-state index is -0.403. The Morgan fingerprint density at radius 3 is 2.75 bits per heavy atom. The first-order valence-corrected chi connectivity index (χ1v) is 13.2. The molecule has 0 aromatic heterocycles. The molecular formula is C30H33NO5. The molecule has 0 saturated heterocycles. The SMILES string of the molecule is CCOC1CC([C@]23CCC(=O)[C@@]2(C)CC[C@@H]2c4ccc(OC(=O)c5ccccc5)cc4CC[C@H]23)=NO1. The summed E-state index contributed by atoms with van der Waals surface area (Å²) < 4.78 is 11.4. The molecule has 0 bridgehead atoms. The van der Waals surface area contributed by atoms with Crippen molar-refractivity contribution in [2.45, 2.75) is 71.0 Å². The lowest BCUT2D eigenvalue weighted by Crippen LogP contribution is -2.55. The van der Waals surface area contributed by atoms with Gasteiger partial charge < -0.3 is 14.3 Å². The predicted octanol–water partition coefficient (Wildman–Crippen LogP) is 5.84. The molecule has 2 aromatic carbocycles. The molecule has 3 aliphatic carbocycles. The zero-order chi connectivity index (χ0) is 24.9. The van der Waals surface area contributed by atoms with E-state index in [1.54, 1.807) is 12.1 Å². The average molecular weight is 488 g/mol. The number of esters is 1. The number of ketones is 1. The minimum absolute atomic E-state index is 0.283. The minimum Gasteiger partial charge on any atom is -0.423 e. The van der Waals surface area contributed by atoms with Gasteiger partial charge in [0.25, 0.3) is 0 Å². The first kappa shape index (κ1) is 23.4. The summed E-state index contributed by atoms with van der Waals surface area (Å²) in [5, 5.41) is 4.58. The number of carbonyl (C=O) groups is 2. The van der Waals surface area contributed by atoms with E-state index >= 15 is 0 Å². The Hall–Kier alpha value is -2.99. The highest BCUT2D eigenvalue weighted by molar-refractivity contribution is 6.02. The number of carbonyl (C=O) groups excluding carboxylic acids is 2. The summed E-state index contributed by atoms with van der Waals surface area (Å²) >= 11 is 0. The Bertz CT molecular complexity index is 1220. The maximum atomic E-state index is 13.3. The van der Waals surface area contributed by atoms with Crippen LogP contribution in [0.4, 0.5) is 0 Å². The van der Waals surface area contributed by atoms with Gasteiger partial charge in [0.15, 0.2) is 0 Å². The molecule has 188 valence electrons. The quantitative estimate of drug-likeness (QED) is 0.391. The van der Waals surface area contributed by atoms with Crippen molar-refractivity contribution in [3.63, 3.8) is 0 Å². The molecule has 6 rings (SSSR count). The molecular weight excluding hydrogens is 454 g/mol. The molecule has 1 unspecified atom stereocenters. The predicted molar refractivity (Wildman–Crippen MR) is 135 cm³/mol. The van der Waals surface area contributed by atoms with Gasteiger partial charge in [-0.1, -0.05) is 36.3 Å². The number of Topliss-reactive ketones (excluding diaryl/α,β-unsaturated/α-hetero) is 1. The second kappa shape index (κ2) is 8.84. The number of hydrogen-bond acceptors (Lipinski definition) is 6. The van der Waals surface area contributed by atoms with E-state index in [0.29, 0.717) is 48.4 Å². The van der Waals surface area contributed by atoms with Gasteiger partial charge >= 0.3 is 5.97 Å². The van der Waals surface area contributed by atoms with Crippen LogP contribution < -0.4 is 4.74 Å². The van der Waals surface area contributed by atoms with Crippen LogP contribution in [0.1, 0.15) is 79.8 Å². The second-order valence-corrected chi connectivity index (χ2v) is 10.9. The van der Waals surface area contributed by atoms with Crippen LogP contribution in [0.2, 0.25) is 0 Å². The molecule has 6 heteroatoms. The number of rotatable bonds is 5. The summed E-state index contributed by atoms with van der Waals surface area (Å²) in [7, 11) is 0. The van der Waals surface area contributed by atoms with E-state index in [1.165, 1.54) is 11.1 Å². The normalized spacial score (nSPS) is 32.7. The van der Waals surface area contributed by atoms with Crippen LogP contribution in [0.15, 0.2) is 53.7 Å². The number of oxime groups is 1. The van der Waals surface area contributed by atoms with Crippen molar-refractivity contribution in [3.8, 4) is 5.75 Å². The molecule has 36 heavy (non-hydrogen) atoms. The van der Waals surface area contributed by atoms with Crippen LogP contribution in [0.5, 0.6) is 5.75 Å². The van der Waals surface area contributed by atoms with Gasteiger partial charge in [-0.25, -0.2) is 4.79 Å². The van der Waals surface area contributed by atoms with Crippen molar-refractivity contribution in [1.29, 1.82) is 0 Å². The van der Waals surface area contributed by atoms with Crippen LogP contribution in [0.3, 0.4) is 0 Å². The third-order valence-corrected chi connectivity index (χ3v) is 9.39. The van der Waals surface area contributed by atoms with E-state index < -0.39 is 5.41 Å². The Balaban J connectivity index is 1.30. The zero-order valence-corrected chi connectivity index (χ0v) is 21.0. The van der Waals surface area contributed by atoms with E-state index in [1.807, 2.05) is 37.3 Å². The lowest BCUT2D eigenvalue weighted by Gasteiger charge is -2.56. The van der Waals surface area contributed by atoms with Gasteiger partial charge in [0, 0.05) is 23.9 Å². The molecule has 4 aliphatic rings. The van der Waals surface area contributed by atoms with Gasteiger partial charge in [-0.05, 0) is 86.3 Å². The van der Waals surface area contributed by atoms with Crippen LogP contribution in [0.25, 0.3) is 0 Å². The molecule has 2 aromatic rings. The highest BCUT2D eigenvalue weighted by Gasteiger charge is 2.67. The van der Waals surface area contributed by atoms with Gasteiger partial charge in [0.1, 0.15) is 11.5 Å². The van der Waals surface area contributed by atoms with Gasteiger partial charge in [0.05, 0.1) is 17.7 Å². The van der Waals surface area contributed by atoms with Crippen molar-refractivity contribution >= 4 is 17.5 Å². The summed E-state index contributed by atoms with van der Waals surface area (Å²) in [6.45, 7) is 4.72. The van der Waals surface area contributed by atoms with Crippen molar-refractivity contribution in [3.05, 3.63) is 65.2 Å². The standard InChI is InChI=1S/C30H33NO5/c1-3-34-27-18-25(31-36-27)30-16-14-26(32)29(30,2)15-13-23-22-11-10-21(17-20(22)9-12-24(23)30)35-28(33)19-7-5-4-6-8-19/h4-8,10-11,17,23-24,27H,3,9,12-16,18H2,1-2H3/t23-,24-,27?,29-,30-/m1/s1. The molecule has 5 atom stereocenters. The van der Waals surface area contributed by atoms with E-state index in [9.17, 15) is 9.59 Å². The molecule has 2 saturated carbocycles. The maximum Gasteiger partial charge on any atom is 0.343 e. The summed E-state index contributed by atoms with van der Waals surface area (Å²) in [5.41, 5.74) is 3.46. The van der Waals surface area contributed by atoms with E-state index in [4.69, 9.17) is 14.3 Å². The smallest absolute Gasteiger partial charge is 0.343 e. The third kappa shape index (κ3) is 3.45. The Morgan fingerprint density at radius 1 is 1.11 bits per heavy atom. The number of hydrogen-bond donors (Lipinski definition) is 0. The lowest BCUT2D eigenvalue weighted by molar-refractivity contribution is -0.132. The first-order valence-electron chi connectivity index (χ1n) is 13.2. The van der Waals surface area contributed by atoms with Crippen molar-refractivity contribution < 1.29 is 23.9 Å². The first-order chi connectivity index (χ1) is 17.5. The maximum absolute atomic E-state index is 13.3. The van der Waals surface area contributed by atoms with Crippen LogP contribution in [-0.4, -0.2) is 30.4 Å². The highest BCUT2D eigenvalue weighted by atomic mass is 16.8. The number of fused-ring (bicyclic) bond motifs is 5. The van der Waals surface area contributed by atoms with E-state index in [-0.39, 0.29) is 17.7 Å². The second-order valence-electron chi connectivity index (χ2n) is 10.9. The molecule has 0 spiro atoms. The summed E-state index contributed by atoms with van der Waals surface area (Å²) in [5.74, 6) is 1.29. The average Bonchev–Trinajstić information content (AvgIpc) is 3.47. The largest absolute Gasteiger partial charge is 0.423 e. The van der Waals surface area contributed by atoms with Gasteiger partial charge in [-0.3, -0.25) is 4.79 Å². The third-order valence-electron chi connectivity index (χ3n) is 9.39. The van der Waals surface area contributed by atoms with E-state index in [2.05, 4.69) is 18.1 Å². The highest BCUT2D eigenvalue weighted by Crippen LogP contribution is 2.68. The summed E-state index contributed by atoms with van der Waals surface area (Å²) in [6, 6.07) is 15.2. The number of ether oxygens (including phenoxy) is 2. The molecule has 0 amide bonds. The molecule has 6 nitrogen and oxygen atoms in total. The Morgan fingerprint density at radius 2 is 1.94 bits per heavy atom. The summed E-state index contributed by atoms with van der Waals surface area (Å²) in [4.78, 5) is 31.6. The van der Waals surface area contributed by atoms with Crippen LogP contribution in [-0.2, 0) is 20.8 Å². The van der Waals surface area contributed by atoms with Crippen molar-refractivity contribution in [1.82, 2.24) is 0 Å². The Kier molecular flexibility index (Phi) is 5.75. The fourth-order valence-electron chi connectivity index (χ4n) is 7.72. The fraction of sp³-hybridized carbons (Fsp3) is 0.500. The molecule has 1 aliphatic heterocycles. The topological polar surface area (TPSA) is 74.2 Å². The molecule has 1 heterocycles. The van der Waals surface area contributed by atoms with Crippen molar-refractivity contribution in [2.24, 2.45) is 21.9 Å². The lowest BCUT2D eigenvalue weighted by atomic mass is 9.46. The molecule has 0 radical (unpaired) electrons. The van der Waals surface area contributed by atoms with E-state index in [0.717, 1.165) is 37.8 Å². The van der Waals surface area contributed by atoms with Gasteiger partial charge in [-0.2, -0.15) is 0 Å². The summed E-state index contributed by atoms with van der Waals surface area (Å²) in [6.07, 6.45) is 5.45. The zero-order valence-electron chi connectivity index (χ0n) is 21.0. The Labute approximate surface area is 212 Å². The number of benzene rings is 2. The van der Waals surface area contributed by atoms with Crippen LogP contribution >= 0.6 is 0 Å².